The molecule has 0 unspecified atom stereocenters. The molecule has 2 N–H and O–H groups in total. The van der Waals surface area contributed by atoms with Gasteiger partial charge in [-0.05, 0) is 55.3 Å². The molecule has 1 saturated heterocycles. The minimum Gasteiger partial charge on any atom is -0.311 e. The molecule has 5 rings (SSSR count). The van der Waals surface area contributed by atoms with Gasteiger partial charge in [0.25, 0.3) is 0 Å². The number of para-hydroxylation sites is 1. The van der Waals surface area contributed by atoms with Crippen molar-refractivity contribution in [3.8, 4) is 5.69 Å². The van der Waals surface area contributed by atoms with Crippen molar-refractivity contribution in [3.63, 3.8) is 0 Å². The first kappa shape index (κ1) is 29.1. The summed E-state index contributed by atoms with van der Waals surface area (Å²) < 4.78 is 1.77. The summed E-state index contributed by atoms with van der Waals surface area (Å²) in [6.07, 6.45) is 0.490. The number of amides is 3. The maximum Gasteiger partial charge on any atom is 0.324 e. The minimum atomic E-state index is -0.334. The molecule has 1 aliphatic heterocycles. The summed E-state index contributed by atoms with van der Waals surface area (Å²) in [6.45, 7) is 13.3. The summed E-state index contributed by atoms with van der Waals surface area (Å²) in [7, 11) is 0. The molecule has 4 aromatic rings. The average Bonchev–Trinajstić information content (AvgIpc) is 3.29. The molecule has 0 saturated carbocycles. The van der Waals surface area contributed by atoms with Gasteiger partial charge >= 0.3 is 6.03 Å². The van der Waals surface area contributed by atoms with Crippen molar-refractivity contribution in [2.45, 2.75) is 53.0 Å². The number of aromatic nitrogens is 2. The zero-order chi connectivity index (χ0) is 29.9. The van der Waals surface area contributed by atoms with Gasteiger partial charge in [-0.1, -0.05) is 68.8 Å². The normalized spacial score (nSPS) is 14.5. The van der Waals surface area contributed by atoms with E-state index in [1.54, 1.807) is 4.68 Å². The lowest BCUT2D eigenvalue weighted by molar-refractivity contribution is -0.118. The lowest BCUT2D eigenvalue weighted by Crippen LogP contribution is -2.33. The maximum absolute atomic E-state index is 13.0. The summed E-state index contributed by atoms with van der Waals surface area (Å²) in [5.41, 5.74) is 6.70. The minimum absolute atomic E-state index is 0.163. The molecule has 8 nitrogen and oxygen atoms in total. The summed E-state index contributed by atoms with van der Waals surface area (Å²) in [6, 6.07) is 25.6. The molecule has 3 amide bonds. The second-order valence-corrected chi connectivity index (χ2v) is 12.0. The number of anilines is 3. The lowest BCUT2D eigenvalue weighted by Gasteiger charge is -2.23. The van der Waals surface area contributed by atoms with Crippen molar-refractivity contribution >= 4 is 29.1 Å². The van der Waals surface area contributed by atoms with E-state index < -0.39 is 0 Å². The average molecular weight is 565 g/mol. The lowest BCUT2D eigenvalue weighted by atomic mass is 9.92. The SMILES string of the molecule is Cc1ccc(-n2nc(C(C)(C)C)cc2NC(=O)Nc2ccc(CN3CCC(=O)N(c4ccccc4C)CC3)cc2)cc1. The van der Waals surface area contributed by atoms with E-state index in [-0.39, 0.29) is 17.4 Å². The van der Waals surface area contributed by atoms with Crippen LogP contribution in [0, 0.1) is 13.8 Å². The highest BCUT2D eigenvalue weighted by molar-refractivity contribution is 5.99. The third-order valence-corrected chi connectivity index (χ3v) is 7.60. The zero-order valence-electron chi connectivity index (χ0n) is 25.1. The van der Waals surface area contributed by atoms with Crippen molar-refractivity contribution in [2.75, 3.05) is 35.2 Å². The predicted molar refractivity (Wildman–Crippen MR) is 170 cm³/mol. The Morgan fingerprint density at radius 1 is 0.881 bits per heavy atom. The van der Waals surface area contributed by atoms with E-state index in [9.17, 15) is 9.59 Å². The van der Waals surface area contributed by atoms with E-state index in [2.05, 4.69) is 36.3 Å². The van der Waals surface area contributed by atoms with E-state index in [1.807, 2.05) is 97.6 Å². The molecule has 0 bridgehead atoms. The first-order chi connectivity index (χ1) is 20.1. The molecule has 3 aromatic carbocycles. The topological polar surface area (TPSA) is 82.5 Å². The van der Waals surface area contributed by atoms with Crippen LogP contribution in [0.3, 0.4) is 0 Å². The maximum atomic E-state index is 13.0. The fourth-order valence-corrected chi connectivity index (χ4v) is 5.10. The van der Waals surface area contributed by atoms with Gasteiger partial charge in [0, 0.05) is 55.5 Å². The van der Waals surface area contributed by atoms with Crippen LogP contribution < -0.4 is 15.5 Å². The molecular weight excluding hydrogens is 524 g/mol. The van der Waals surface area contributed by atoms with E-state index in [0.29, 0.717) is 24.5 Å². The number of carbonyl (C=O) groups is 2. The number of benzene rings is 3. The highest BCUT2D eigenvalue weighted by atomic mass is 16.2. The van der Waals surface area contributed by atoms with Crippen LogP contribution in [0.1, 0.15) is 49.6 Å². The first-order valence-corrected chi connectivity index (χ1v) is 14.5. The van der Waals surface area contributed by atoms with Gasteiger partial charge in [-0.15, -0.1) is 0 Å². The van der Waals surface area contributed by atoms with Crippen LogP contribution in [0.5, 0.6) is 0 Å². The van der Waals surface area contributed by atoms with Crippen molar-refractivity contribution < 1.29 is 9.59 Å². The molecule has 1 fully saturated rings. The molecule has 2 heterocycles. The third kappa shape index (κ3) is 6.89. The molecule has 218 valence electrons. The second kappa shape index (κ2) is 12.2. The third-order valence-electron chi connectivity index (χ3n) is 7.60. The Balaban J connectivity index is 1.21. The number of nitrogens with zero attached hydrogens (tertiary/aromatic N) is 4. The highest BCUT2D eigenvalue weighted by Gasteiger charge is 2.24. The van der Waals surface area contributed by atoms with Crippen LogP contribution in [0.15, 0.2) is 78.9 Å². The van der Waals surface area contributed by atoms with Crippen molar-refractivity contribution in [1.82, 2.24) is 14.7 Å². The molecule has 0 atom stereocenters. The molecular formula is C34H40N6O2. The van der Waals surface area contributed by atoms with Crippen molar-refractivity contribution in [3.05, 3.63) is 101 Å². The van der Waals surface area contributed by atoms with E-state index in [4.69, 9.17) is 5.10 Å². The largest absolute Gasteiger partial charge is 0.324 e. The number of rotatable bonds is 6. The standard InChI is InChI=1S/C34H40N6O2/c1-24-10-16-28(17-11-24)40-31(22-30(37-40)34(3,4)5)36-33(42)35-27-14-12-26(13-15-27)23-38-19-18-32(41)39(21-20-38)29-9-7-6-8-25(29)2/h6-17,22H,18-21,23H2,1-5H3,(H2,35,36,42). The highest BCUT2D eigenvalue weighted by Crippen LogP contribution is 2.27. The van der Waals surface area contributed by atoms with Gasteiger partial charge < -0.3 is 10.2 Å². The fourth-order valence-electron chi connectivity index (χ4n) is 5.10. The van der Waals surface area contributed by atoms with Crippen LogP contribution in [-0.2, 0) is 16.8 Å². The van der Waals surface area contributed by atoms with E-state index >= 15 is 0 Å². The van der Waals surface area contributed by atoms with Crippen LogP contribution in [0.2, 0.25) is 0 Å². The Bertz CT molecular complexity index is 1550. The van der Waals surface area contributed by atoms with Gasteiger partial charge in [0.1, 0.15) is 5.82 Å². The number of carbonyl (C=O) groups excluding carboxylic acids is 2. The monoisotopic (exact) mass is 564 g/mol. The van der Waals surface area contributed by atoms with Crippen molar-refractivity contribution in [1.29, 1.82) is 0 Å². The molecule has 0 aliphatic carbocycles. The second-order valence-electron chi connectivity index (χ2n) is 12.0. The molecule has 42 heavy (non-hydrogen) atoms. The zero-order valence-corrected chi connectivity index (χ0v) is 25.1. The van der Waals surface area contributed by atoms with Crippen LogP contribution >= 0.6 is 0 Å². The Hall–Kier alpha value is -4.43. The molecule has 0 spiro atoms. The van der Waals surface area contributed by atoms with Gasteiger partial charge in [0.15, 0.2) is 0 Å². The molecule has 0 radical (unpaired) electrons. The Labute approximate surface area is 248 Å². The predicted octanol–water partition coefficient (Wildman–Crippen LogP) is 6.67. The van der Waals surface area contributed by atoms with Crippen LogP contribution in [-0.4, -0.2) is 46.3 Å². The van der Waals surface area contributed by atoms with E-state index in [0.717, 1.165) is 53.4 Å². The van der Waals surface area contributed by atoms with Crippen molar-refractivity contribution in [2.24, 2.45) is 0 Å². The Morgan fingerprint density at radius 2 is 1.60 bits per heavy atom. The number of nitrogens with one attached hydrogen (secondary N) is 2. The number of hydrogen-bond acceptors (Lipinski definition) is 4. The quantitative estimate of drug-likeness (QED) is 0.274. The molecule has 1 aromatic heterocycles. The van der Waals surface area contributed by atoms with Gasteiger partial charge in [0.05, 0.1) is 11.4 Å². The molecule has 8 heteroatoms. The Morgan fingerprint density at radius 3 is 2.29 bits per heavy atom. The first-order valence-electron chi connectivity index (χ1n) is 14.5. The van der Waals surface area contributed by atoms with Gasteiger partial charge in [-0.25, -0.2) is 9.48 Å². The van der Waals surface area contributed by atoms with Gasteiger partial charge in [-0.3, -0.25) is 15.0 Å². The number of aryl methyl sites for hydroxylation is 2. The van der Waals surface area contributed by atoms with Crippen LogP contribution in [0.4, 0.5) is 22.0 Å². The molecule has 1 aliphatic rings. The Kier molecular flexibility index (Phi) is 8.45. The van der Waals surface area contributed by atoms with Gasteiger partial charge in [0.2, 0.25) is 5.91 Å². The summed E-state index contributed by atoms with van der Waals surface area (Å²) >= 11 is 0. The van der Waals surface area contributed by atoms with E-state index in [1.165, 1.54) is 0 Å². The number of hydrogen-bond donors (Lipinski definition) is 2. The number of urea groups is 1. The summed E-state index contributed by atoms with van der Waals surface area (Å²) in [5, 5.41) is 10.7. The van der Waals surface area contributed by atoms with Crippen LogP contribution in [0.25, 0.3) is 5.69 Å². The van der Waals surface area contributed by atoms with Gasteiger partial charge in [-0.2, -0.15) is 5.10 Å². The summed E-state index contributed by atoms with van der Waals surface area (Å²) in [5.74, 6) is 0.768. The fraction of sp³-hybridized carbons (Fsp3) is 0.324. The smallest absolute Gasteiger partial charge is 0.311 e. The summed E-state index contributed by atoms with van der Waals surface area (Å²) in [4.78, 5) is 30.1.